The number of rotatable bonds is 6. The van der Waals surface area contributed by atoms with Crippen LogP contribution in [0.2, 0.25) is 0 Å². The van der Waals surface area contributed by atoms with Gasteiger partial charge in [-0.15, -0.1) is 0 Å². The number of carboxylic acids is 1. The van der Waals surface area contributed by atoms with E-state index in [4.69, 9.17) is 10.4 Å². The molecule has 152 valence electrons. The molecule has 2 aromatic carbocycles. The van der Waals surface area contributed by atoms with Gasteiger partial charge in [0.2, 0.25) is 0 Å². The molecular formula is C26H26N2O2. The van der Waals surface area contributed by atoms with Crippen LogP contribution in [0.5, 0.6) is 0 Å². The molecule has 0 amide bonds. The summed E-state index contributed by atoms with van der Waals surface area (Å²) < 4.78 is 0. The monoisotopic (exact) mass is 398 g/mol. The van der Waals surface area contributed by atoms with E-state index < -0.39 is 5.97 Å². The SMILES string of the molecule is CC1(C)CCN(Cc2ccccc2)c2ccc(/C=C/C=C/C=C(\C#N)C(=O)O)cc21. The number of allylic oxidation sites excluding steroid dienone is 4. The minimum Gasteiger partial charge on any atom is -0.477 e. The fourth-order valence-electron chi connectivity index (χ4n) is 3.65. The summed E-state index contributed by atoms with van der Waals surface area (Å²) >= 11 is 0. The molecule has 1 aliphatic rings. The lowest BCUT2D eigenvalue weighted by Gasteiger charge is -2.40. The van der Waals surface area contributed by atoms with Crippen LogP contribution in [0.25, 0.3) is 6.08 Å². The van der Waals surface area contributed by atoms with Crippen LogP contribution < -0.4 is 4.90 Å². The molecule has 0 saturated heterocycles. The summed E-state index contributed by atoms with van der Waals surface area (Å²) in [5.41, 5.74) is 4.85. The van der Waals surface area contributed by atoms with Crippen molar-refractivity contribution in [3.8, 4) is 6.07 Å². The molecule has 0 atom stereocenters. The van der Waals surface area contributed by atoms with Gasteiger partial charge in [0.15, 0.2) is 0 Å². The molecular weight excluding hydrogens is 372 g/mol. The molecule has 0 bridgehead atoms. The topological polar surface area (TPSA) is 64.3 Å². The zero-order chi connectivity index (χ0) is 21.6. The van der Waals surface area contributed by atoms with Gasteiger partial charge < -0.3 is 10.0 Å². The van der Waals surface area contributed by atoms with Crippen LogP contribution in [0.4, 0.5) is 5.69 Å². The highest BCUT2D eigenvalue weighted by Crippen LogP contribution is 2.40. The first-order valence-corrected chi connectivity index (χ1v) is 10.0. The molecule has 1 aliphatic heterocycles. The Balaban J connectivity index is 1.80. The van der Waals surface area contributed by atoms with Crippen molar-refractivity contribution in [3.63, 3.8) is 0 Å². The van der Waals surface area contributed by atoms with Gasteiger partial charge in [-0.25, -0.2) is 4.79 Å². The van der Waals surface area contributed by atoms with Crippen LogP contribution >= 0.6 is 0 Å². The number of nitrogens with zero attached hydrogens (tertiary/aromatic N) is 2. The molecule has 3 rings (SSSR count). The van der Waals surface area contributed by atoms with Gasteiger partial charge in [-0.3, -0.25) is 0 Å². The van der Waals surface area contributed by atoms with Crippen LogP contribution in [-0.2, 0) is 16.8 Å². The van der Waals surface area contributed by atoms with Gasteiger partial charge in [0.25, 0.3) is 0 Å². The normalized spacial score (nSPS) is 15.9. The van der Waals surface area contributed by atoms with Crippen molar-refractivity contribution in [3.05, 3.63) is 95.1 Å². The number of fused-ring (bicyclic) bond motifs is 1. The molecule has 1 heterocycles. The minimum atomic E-state index is -1.22. The number of anilines is 1. The van der Waals surface area contributed by atoms with E-state index in [0.717, 1.165) is 25.1 Å². The van der Waals surface area contributed by atoms with E-state index in [9.17, 15) is 4.79 Å². The highest BCUT2D eigenvalue weighted by atomic mass is 16.4. The highest BCUT2D eigenvalue weighted by molar-refractivity contribution is 5.91. The van der Waals surface area contributed by atoms with E-state index in [0.29, 0.717) is 0 Å². The Morgan fingerprint density at radius 1 is 1.17 bits per heavy atom. The van der Waals surface area contributed by atoms with Crippen molar-refractivity contribution < 1.29 is 9.90 Å². The van der Waals surface area contributed by atoms with Crippen molar-refractivity contribution in [2.75, 3.05) is 11.4 Å². The summed E-state index contributed by atoms with van der Waals surface area (Å²) in [6.45, 7) is 6.52. The molecule has 0 unspecified atom stereocenters. The number of carboxylic acid groups (broad SMARTS) is 1. The quantitative estimate of drug-likeness (QED) is 0.398. The Bertz CT molecular complexity index is 1040. The van der Waals surface area contributed by atoms with Gasteiger partial charge in [-0.1, -0.05) is 74.5 Å². The van der Waals surface area contributed by atoms with E-state index in [2.05, 4.69) is 61.2 Å². The van der Waals surface area contributed by atoms with Crippen molar-refractivity contribution in [2.24, 2.45) is 0 Å². The lowest BCUT2D eigenvalue weighted by Crippen LogP contribution is -2.36. The lowest BCUT2D eigenvalue weighted by atomic mass is 9.77. The minimum absolute atomic E-state index is 0.105. The Morgan fingerprint density at radius 3 is 2.63 bits per heavy atom. The predicted octanol–water partition coefficient (Wildman–Crippen LogP) is 5.48. The summed E-state index contributed by atoms with van der Waals surface area (Å²) in [7, 11) is 0. The molecule has 0 radical (unpaired) electrons. The van der Waals surface area contributed by atoms with Crippen molar-refractivity contribution in [2.45, 2.75) is 32.2 Å². The Hall–Kier alpha value is -3.58. The average molecular weight is 399 g/mol. The predicted molar refractivity (Wildman–Crippen MR) is 121 cm³/mol. The number of aliphatic carboxylic acids is 1. The van der Waals surface area contributed by atoms with Gasteiger partial charge in [0.05, 0.1) is 0 Å². The van der Waals surface area contributed by atoms with E-state index in [1.165, 1.54) is 22.9 Å². The average Bonchev–Trinajstić information content (AvgIpc) is 2.73. The summed E-state index contributed by atoms with van der Waals surface area (Å²) in [6, 6.07) is 18.7. The van der Waals surface area contributed by atoms with Crippen LogP contribution in [0, 0.1) is 11.3 Å². The maximum atomic E-state index is 10.8. The molecule has 4 nitrogen and oxygen atoms in total. The van der Waals surface area contributed by atoms with Crippen molar-refractivity contribution >= 4 is 17.7 Å². The Kier molecular flexibility index (Phi) is 6.54. The number of carbonyl (C=O) groups is 1. The van der Waals surface area contributed by atoms with E-state index in [1.807, 2.05) is 18.2 Å². The molecule has 2 aromatic rings. The fraction of sp³-hybridized carbons (Fsp3) is 0.231. The Morgan fingerprint density at radius 2 is 1.93 bits per heavy atom. The van der Waals surface area contributed by atoms with Crippen molar-refractivity contribution in [1.29, 1.82) is 5.26 Å². The zero-order valence-electron chi connectivity index (χ0n) is 17.4. The second-order valence-electron chi connectivity index (χ2n) is 8.06. The summed E-state index contributed by atoms with van der Waals surface area (Å²) in [5.74, 6) is -1.22. The molecule has 4 heteroatoms. The molecule has 0 aliphatic carbocycles. The van der Waals surface area contributed by atoms with Crippen molar-refractivity contribution in [1.82, 2.24) is 0 Å². The standard InChI is InChI=1S/C26H26N2O2/c1-26(2)15-16-28(19-21-10-6-3-7-11-21)24-14-13-20(17-23(24)26)9-5-4-8-12-22(18-27)25(29)30/h3-14,17H,15-16,19H2,1-2H3,(H,29,30)/b8-4+,9-5+,22-12+. The third-order valence-electron chi connectivity index (χ3n) is 5.44. The molecule has 0 fully saturated rings. The molecule has 0 aromatic heterocycles. The van der Waals surface area contributed by atoms with E-state index in [1.54, 1.807) is 18.2 Å². The number of benzene rings is 2. The van der Waals surface area contributed by atoms with E-state index in [-0.39, 0.29) is 11.0 Å². The zero-order valence-corrected chi connectivity index (χ0v) is 17.4. The second kappa shape index (κ2) is 9.28. The lowest BCUT2D eigenvalue weighted by molar-refractivity contribution is -0.132. The summed E-state index contributed by atoms with van der Waals surface area (Å²) in [4.78, 5) is 13.3. The molecule has 30 heavy (non-hydrogen) atoms. The second-order valence-corrected chi connectivity index (χ2v) is 8.06. The third kappa shape index (κ3) is 5.07. The van der Waals surface area contributed by atoms with Gasteiger partial charge in [0.1, 0.15) is 11.6 Å². The van der Waals surface area contributed by atoms with Crippen LogP contribution in [0.3, 0.4) is 0 Å². The first-order chi connectivity index (χ1) is 14.4. The maximum absolute atomic E-state index is 10.8. The van der Waals surface area contributed by atoms with Gasteiger partial charge in [-0.05, 0) is 46.7 Å². The molecule has 0 saturated carbocycles. The van der Waals surface area contributed by atoms with Crippen LogP contribution in [-0.4, -0.2) is 17.6 Å². The number of hydrogen-bond acceptors (Lipinski definition) is 3. The first kappa shape index (κ1) is 21.1. The Labute approximate surface area is 178 Å². The number of hydrogen-bond donors (Lipinski definition) is 1. The highest BCUT2D eigenvalue weighted by Gasteiger charge is 2.31. The fourth-order valence-corrected chi connectivity index (χ4v) is 3.65. The smallest absolute Gasteiger partial charge is 0.346 e. The maximum Gasteiger partial charge on any atom is 0.346 e. The van der Waals surface area contributed by atoms with Gasteiger partial charge in [0, 0.05) is 18.8 Å². The largest absolute Gasteiger partial charge is 0.477 e. The molecule has 1 N–H and O–H groups in total. The van der Waals surface area contributed by atoms with Gasteiger partial charge >= 0.3 is 5.97 Å². The number of nitriles is 1. The summed E-state index contributed by atoms with van der Waals surface area (Å²) in [6.07, 6.45) is 9.52. The molecule has 0 spiro atoms. The van der Waals surface area contributed by atoms with Crippen LogP contribution in [0.1, 0.15) is 37.0 Å². The van der Waals surface area contributed by atoms with Gasteiger partial charge in [-0.2, -0.15) is 5.26 Å². The first-order valence-electron chi connectivity index (χ1n) is 10.0. The van der Waals surface area contributed by atoms with E-state index >= 15 is 0 Å². The summed E-state index contributed by atoms with van der Waals surface area (Å²) in [5, 5.41) is 17.6. The third-order valence-corrected chi connectivity index (χ3v) is 5.44. The van der Waals surface area contributed by atoms with Crippen LogP contribution in [0.15, 0.2) is 78.4 Å².